The Labute approximate surface area is 203 Å². The Balaban J connectivity index is 1.53. The van der Waals surface area contributed by atoms with Crippen LogP contribution in [0.1, 0.15) is 38.3 Å². The maximum atomic E-state index is 14.2. The largest absolute Gasteiger partial charge is 0.350 e. The molecular formula is C29H37N3O2. The number of benzene rings is 2. The Morgan fingerprint density at radius 2 is 1.65 bits per heavy atom. The topological polar surface area (TPSA) is 52.7 Å². The fourth-order valence-electron chi connectivity index (χ4n) is 7.25. The quantitative estimate of drug-likeness (QED) is 0.686. The third-order valence-electron chi connectivity index (χ3n) is 8.34. The zero-order chi connectivity index (χ0) is 23.9. The van der Waals surface area contributed by atoms with E-state index < -0.39 is 5.54 Å². The molecule has 1 saturated carbocycles. The smallest absolute Gasteiger partial charge is 0.248 e. The first-order chi connectivity index (χ1) is 16.4. The van der Waals surface area contributed by atoms with Gasteiger partial charge in [-0.3, -0.25) is 14.5 Å². The summed E-state index contributed by atoms with van der Waals surface area (Å²) in [5, 5.41) is 3.27. The van der Waals surface area contributed by atoms with Crippen molar-refractivity contribution in [3.63, 3.8) is 0 Å². The zero-order valence-electron chi connectivity index (χ0n) is 20.6. The van der Waals surface area contributed by atoms with Gasteiger partial charge in [-0.1, -0.05) is 74.5 Å². The normalized spacial score (nSPS) is 30.1. The SMILES string of the molecule is CC(=O)N1C[C@@H]2C[C@H]3CN(CC(C)C)[C@@H]([C@@H]2Cc2ccccc2)[C@]31C(=O)NCc1ccccc1. The Morgan fingerprint density at radius 3 is 2.26 bits per heavy atom. The summed E-state index contributed by atoms with van der Waals surface area (Å²) in [6.45, 7) is 9.17. The lowest BCUT2D eigenvalue weighted by Gasteiger charge is -2.61. The zero-order valence-corrected chi connectivity index (χ0v) is 20.6. The monoisotopic (exact) mass is 459 g/mol. The molecule has 3 saturated heterocycles. The van der Waals surface area contributed by atoms with E-state index in [1.54, 1.807) is 6.92 Å². The van der Waals surface area contributed by atoms with Crippen LogP contribution in [0.4, 0.5) is 0 Å². The van der Waals surface area contributed by atoms with Gasteiger partial charge in [0.2, 0.25) is 11.8 Å². The summed E-state index contributed by atoms with van der Waals surface area (Å²) in [4.78, 5) is 31.7. The molecule has 180 valence electrons. The molecule has 1 N–H and O–H groups in total. The highest BCUT2D eigenvalue weighted by atomic mass is 16.2. The van der Waals surface area contributed by atoms with E-state index in [2.05, 4.69) is 54.4 Å². The van der Waals surface area contributed by atoms with Gasteiger partial charge in [-0.25, -0.2) is 0 Å². The summed E-state index contributed by atoms with van der Waals surface area (Å²) in [7, 11) is 0. The first-order valence-corrected chi connectivity index (χ1v) is 12.8. The van der Waals surface area contributed by atoms with Gasteiger partial charge in [0.15, 0.2) is 0 Å². The number of rotatable bonds is 7. The van der Waals surface area contributed by atoms with Crippen LogP contribution < -0.4 is 5.32 Å². The number of amides is 2. The molecule has 4 fully saturated rings. The molecule has 1 aliphatic carbocycles. The number of nitrogens with zero attached hydrogens (tertiary/aromatic N) is 2. The number of carbonyl (C=O) groups excluding carboxylic acids is 2. The minimum Gasteiger partial charge on any atom is -0.350 e. The highest BCUT2D eigenvalue weighted by Crippen LogP contribution is 2.57. The van der Waals surface area contributed by atoms with Crippen molar-refractivity contribution in [2.45, 2.75) is 51.7 Å². The second-order valence-electron chi connectivity index (χ2n) is 11.0. The molecule has 34 heavy (non-hydrogen) atoms. The molecule has 5 heteroatoms. The van der Waals surface area contributed by atoms with Crippen LogP contribution in [-0.4, -0.2) is 52.8 Å². The molecule has 3 heterocycles. The Hall–Kier alpha value is -2.66. The summed E-state index contributed by atoms with van der Waals surface area (Å²) in [5.74, 6) is 1.54. The second kappa shape index (κ2) is 9.18. The lowest BCUT2D eigenvalue weighted by Crippen LogP contribution is -2.77. The average Bonchev–Trinajstić information content (AvgIpc) is 3.08. The van der Waals surface area contributed by atoms with Crippen LogP contribution in [0.25, 0.3) is 0 Å². The van der Waals surface area contributed by atoms with Crippen molar-refractivity contribution in [1.29, 1.82) is 0 Å². The maximum absolute atomic E-state index is 14.2. The van der Waals surface area contributed by atoms with E-state index in [4.69, 9.17) is 0 Å². The predicted octanol–water partition coefficient (Wildman–Crippen LogP) is 3.74. The van der Waals surface area contributed by atoms with E-state index in [0.29, 0.717) is 30.8 Å². The molecule has 0 aromatic heterocycles. The maximum Gasteiger partial charge on any atom is 0.248 e. The third kappa shape index (κ3) is 3.84. The highest BCUT2D eigenvalue weighted by molar-refractivity contribution is 5.93. The van der Waals surface area contributed by atoms with Gasteiger partial charge >= 0.3 is 0 Å². The van der Waals surface area contributed by atoms with Crippen molar-refractivity contribution in [3.8, 4) is 0 Å². The van der Waals surface area contributed by atoms with Gasteiger partial charge in [-0.15, -0.1) is 0 Å². The van der Waals surface area contributed by atoms with Crippen LogP contribution >= 0.6 is 0 Å². The van der Waals surface area contributed by atoms with Crippen molar-refractivity contribution in [3.05, 3.63) is 71.8 Å². The van der Waals surface area contributed by atoms with Gasteiger partial charge in [0.05, 0.1) is 0 Å². The van der Waals surface area contributed by atoms with Gasteiger partial charge in [0, 0.05) is 45.1 Å². The Bertz CT molecular complexity index is 1020. The molecule has 4 bridgehead atoms. The fourth-order valence-corrected chi connectivity index (χ4v) is 7.25. The first kappa shape index (κ1) is 23.1. The molecule has 2 amide bonds. The molecule has 0 radical (unpaired) electrons. The van der Waals surface area contributed by atoms with E-state index in [1.807, 2.05) is 35.2 Å². The standard InChI is InChI=1S/C29H37N3O2/c1-20(2)17-31-19-25-15-24-18-32(21(3)33)29(25,28(34)30-16-23-12-8-5-9-13-23)27(31)26(24)14-22-10-6-4-7-11-22/h4-13,20,24-27H,14-19H2,1-3H3,(H,30,34)/t24-,25-,26+,27-,29-/m0/s1. The molecule has 4 aliphatic rings. The minimum atomic E-state index is -0.788. The van der Waals surface area contributed by atoms with Crippen LogP contribution in [-0.2, 0) is 22.6 Å². The van der Waals surface area contributed by atoms with Crippen LogP contribution in [0.3, 0.4) is 0 Å². The second-order valence-corrected chi connectivity index (χ2v) is 11.0. The van der Waals surface area contributed by atoms with Crippen molar-refractivity contribution in [1.82, 2.24) is 15.1 Å². The summed E-state index contributed by atoms with van der Waals surface area (Å²) in [5.41, 5.74) is 1.62. The van der Waals surface area contributed by atoms with E-state index in [1.165, 1.54) is 5.56 Å². The molecule has 5 atom stereocenters. The summed E-state index contributed by atoms with van der Waals surface area (Å²) < 4.78 is 0. The lowest BCUT2D eigenvalue weighted by molar-refractivity contribution is -0.172. The van der Waals surface area contributed by atoms with Gasteiger partial charge in [0.25, 0.3) is 0 Å². The number of nitrogens with one attached hydrogen (secondary N) is 1. The molecule has 0 unspecified atom stereocenters. The molecular weight excluding hydrogens is 422 g/mol. The van der Waals surface area contributed by atoms with Gasteiger partial charge in [-0.05, 0) is 41.7 Å². The number of fused-ring (bicyclic) bond motifs is 1. The number of hydrogen-bond acceptors (Lipinski definition) is 3. The summed E-state index contributed by atoms with van der Waals surface area (Å²) in [6.07, 6.45) is 1.97. The van der Waals surface area contributed by atoms with Crippen LogP contribution in [0.2, 0.25) is 0 Å². The first-order valence-electron chi connectivity index (χ1n) is 12.8. The number of likely N-dealkylation sites (tertiary alicyclic amines) is 1. The van der Waals surface area contributed by atoms with Gasteiger partial charge < -0.3 is 10.2 Å². The van der Waals surface area contributed by atoms with E-state index in [9.17, 15) is 9.59 Å². The number of hydrogen-bond donors (Lipinski definition) is 1. The van der Waals surface area contributed by atoms with Crippen LogP contribution in [0.15, 0.2) is 60.7 Å². The van der Waals surface area contributed by atoms with Crippen molar-refractivity contribution in [2.75, 3.05) is 19.6 Å². The molecule has 2 aromatic rings. The predicted molar refractivity (Wildman–Crippen MR) is 134 cm³/mol. The Kier molecular flexibility index (Phi) is 6.24. The van der Waals surface area contributed by atoms with Gasteiger partial charge in [-0.2, -0.15) is 0 Å². The average molecular weight is 460 g/mol. The number of piperidine rings is 2. The van der Waals surface area contributed by atoms with E-state index in [-0.39, 0.29) is 23.8 Å². The minimum absolute atomic E-state index is 0.0270. The molecule has 3 aliphatic heterocycles. The fraction of sp³-hybridized carbons (Fsp3) is 0.517. The van der Waals surface area contributed by atoms with Crippen molar-refractivity contribution >= 4 is 11.8 Å². The Morgan fingerprint density at radius 1 is 1.00 bits per heavy atom. The molecule has 0 spiro atoms. The van der Waals surface area contributed by atoms with Crippen LogP contribution in [0, 0.1) is 23.7 Å². The molecule has 5 nitrogen and oxygen atoms in total. The van der Waals surface area contributed by atoms with Crippen molar-refractivity contribution < 1.29 is 9.59 Å². The highest BCUT2D eigenvalue weighted by Gasteiger charge is 2.71. The van der Waals surface area contributed by atoms with E-state index in [0.717, 1.165) is 31.5 Å². The van der Waals surface area contributed by atoms with E-state index >= 15 is 0 Å². The number of carbonyl (C=O) groups is 2. The molecule has 6 rings (SSSR count). The van der Waals surface area contributed by atoms with Crippen molar-refractivity contribution in [2.24, 2.45) is 23.7 Å². The summed E-state index contributed by atoms with van der Waals surface area (Å²) in [6, 6.07) is 20.8. The third-order valence-corrected chi connectivity index (χ3v) is 8.34. The van der Waals surface area contributed by atoms with Gasteiger partial charge in [0.1, 0.15) is 5.54 Å². The van der Waals surface area contributed by atoms with Crippen LogP contribution in [0.5, 0.6) is 0 Å². The molecule has 2 aromatic carbocycles. The summed E-state index contributed by atoms with van der Waals surface area (Å²) >= 11 is 0. The lowest BCUT2D eigenvalue weighted by atomic mass is 9.57.